The van der Waals surface area contributed by atoms with Gasteiger partial charge in [-0.3, -0.25) is 4.79 Å². The zero-order valence-corrected chi connectivity index (χ0v) is 15.9. The number of ether oxygens (including phenoxy) is 1. The molecule has 1 aliphatic carbocycles. The molecule has 1 aromatic heterocycles. The van der Waals surface area contributed by atoms with Crippen LogP contribution in [0.1, 0.15) is 39.0 Å². The maximum atomic E-state index is 12.2. The average Bonchev–Trinajstić information content (AvgIpc) is 3.15. The summed E-state index contributed by atoms with van der Waals surface area (Å²) < 4.78 is 7.26. The summed E-state index contributed by atoms with van der Waals surface area (Å²) in [5, 5.41) is 15.5. The van der Waals surface area contributed by atoms with Crippen LogP contribution in [0, 0.1) is 5.92 Å². The second kappa shape index (κ2) is 9.56. The van der Waals surface area contributed by atoms with Gasteiger partial charge in [0.1, 0.15) is 11.4 Å². The lowest BCUT2D eigenvalue weighted by molar-refractivity contribution is -0.118. The highest BCUT2D eigenvalue weighted by molar-refractivity contribution is 7.99. The van der Waals surface area contributed by atoms with Gasteiger partial charge in [0, 0.05) is 6.54 Å². The minimum absolute atomic E-state index is 0.0215. The Morgan fingerprint density at radius 1 is 1.31 bits per heavy atom. The van der Waals surface area contributed by atoms with Crippen molar-refractivity contribution in [1.82, 2.24) is 25.5 Å². The first-order valence-corrected chi connectivity index (χ1v) is 10.2. The predicted octanol–water partition coefficient (Wildman–Crippen LogP) is 2.85. The van der Waals surface area contributed by atoms with E-state index in [4.69, 9.17) is 4.74 Å². The van der Waals surface area contributed by atoms with Crippen LogP contribution in [-0.2, 0) is 4.79 Å². The number of carbonyl (C=O) groups is 1. The third-order valence-corrected chi connectivity index (χ3v) is 5.40. The number of nitrogens with zero attached hydrogens (tertiary/aromatic N) is 4. The number of hydrogen-bond acceptors (Lipinski definition) is 6. The zero-order chi connectivity index (χ0) is 18.2. The van der Waals surface area contributed by atoms with E-state index in [0.29, 0.717) is 29.2 Å². The molecule has 7 nitrogen and oxygen atoms in total. The Balaban J connectivity index is 1.56. The third-order valence-electron chi connectivity index (χ3n) is 4.48. The molecule has 8 heteroatoms. The Labute approximate surface area is 157 Å². The number of benzene rings is 1. The summed E-state index contributed by atoms with van der Waals surface area (Å²) in [5.41, 5.74) is 0.768. The number of rotatable bonds is 8. The predicted molar refractivity (Wildman–Crippen MR) is 101 cm³/mol. The molecule has 0 aliphatic heterocycles. The number of thioether (sulfide) groups is 1. The number of carbonyl (C=O) groups excluding carboxylic acids is 1. The van der Waals surface area contributed by atoms with Crippen molar-refractivity contribution in [2.75, 3.05) is 18.9 Å². The van der Waals surface area contributed by atoms with Crippen molar-refractivity contribution in [2.24, 2.45) is 5.92 Å². The van der Waals surface area contributed by atoms with E-state index in [0.717, 1.165) is 12.2 Å². The Morgan fingerprint density at radius 3 is 2.92 bits per heavy atom. The fraction of sp³-hybridized carbons (Fsp3) is 0.556. The van der Waals surface area contributed by atoms with Gasteiger partial charge in [-0.05, 0) is 48.2 Å². The molecule has 3 rings (SSSR count). The quantitative estimate of drug-likeness (QED) is 0.715. The summed E-state index contributed by atoms with van der Waals surface area (Å²) >= 11 is 1.33. The van der Waals surface area contributed by atoms with E-state index in [-0.39, 0.29) is 5.91 Å². The molecule has 1 aromatic carbocycles. The van der Waals surface area contributed by atoms with Crippen molar-refractivity contribution in [1.29, 1.82) is 0 Å². The molecular weight excluding hydrogens is 350 g/mol. The van der Waals surface area contributed by atoms with Crippen LogP contribution in [0.25, 0.3) is 5.69 Å². The largest absolute Gasteiger partial charge is 0.492 e. The first kappa shape index (κ1) is 18.7. The van der Waals surface area contributed by atoms with Gasteiger partial charge in [-0.15, -0.1) is 5.10 Å². The maximum Gasteiger partial charge on any atom is 0.230 e. The molecule has 1 saturated carbocycles. The molecule has 1 fully saturated rings. The Morgan fingerprint density at radius 2 is 2.12 bits per heavy atom. The van der Waals surface area contributed by atoms with Crippen molar-refractivity contribution in [3.05, 3.63) is 24.3 Å². The van der Waals surface area contributed by atoms with Gasteiger partial charge in [-0.2, -0.15) is 4.68 Å². The van der Waals surface area contributed by atoms with Gasteiger partial charge in [0.2, 0.25) is 11.1 Å². The van der Waals surface area contributed by atoms with E-state index < -0.39 is 0 Å². The number of hydrogen-bond donors (Lipinski definition) is 1. The van der Waals surface area contributed by atoms with Crippen LogP contribution in [0.4, 0.5) is 0 Å². The summed E-state index contributed by atoms with van der Waals surface area (Å²) in [5.74, 6) is 1.66. The Hall–Kier alpha value is -2.09. The van der Waals surface area contributed by atoms with Gasteiger partial charge < -0.3 is 10.1 Å². The summed E-state index contributed by atoms with van der Waals surface area (Å²) in [6.07, 6.45) is 6.33. The van der Waals surface area contributed by atoms with E-state index in [2.05, 4.69) is 20.8 Å². The first-order valence-electron chi connectivity index (χ1n) is 9.18. The molecule has 1 N–H and O–H groups in total. The van der Waals surface area contributed by atoms with Gasteiger partial charge in [0.05, 0.1) is 12.4 Å². The van der Waals surface area contributed by atoms with Gasteiger partial charge in [-0.1, -0.05) is 43.2 Å². The van der Waals surface area contributed by atoms with Crippen molar-refractivity contribution in [3.63, 3.8) is 0 Å². The number of amides is 1. The molecule has 2 aromatic rings. The number of nitrogens with one attached hydrogen (secondary N) is 1. The number of para-hydroxylation sites is 2. The molecule has 26 heavy (non-hydrogen) atoms. The van der Waals surface area contributed by atoms with Crippen LogP contribution in [0.15, 0.2) is 29.4 Å². The molecular formula is C18H25N5O2S. The third kappa shape index (κ3) is 4.97. The summed E-state index contributed by atoms with van der Waals surface area (Å²) in [6, 6.07) is 7.59. The lowest BCUT2D eigenvalue weighted by Crippen LogP contribution is -2.31. The molecule has 1 heterocycles. The van der Waals surface area contributed by atoms with Gasteiger partial charge >= 0.3 is 0 Å². The molecule has 0 atom stereocenters. The minimum atomic E-state index is 0.0215. The summed E-state index contributed by atoms with van der Waals surface area (Å²) in [7, 11) is 0. The summed E-state index contributed by atoms with van der Waals surface area (Å²) in [6.45, 7) is 3.27. The van der Waals surface area contributed by atoms with E-state index in [1.807, 2.05) is 31.2 Å². The SMILES string of the molecule is CCOc1ccccc1-n1nnnc1SCC(=O)NCC1CCCCC1. The first-order chi connectivity index (χ1) is 12.8. The molecule has 0 bridgehead atoms. The van der Waals surface area contributed by atoms with Crippen molar-refractivity contribution in [2.45, 2.75) is 44.2 Å². The molecule has 140 valence electrons. The van der Waals surface area contributed by atoms with E-state index >= 15 is 0 Å². The lowest BCUT2D eigenvalue weighted by Gasteiger charge is -2.21. The fourth-order valence-corrected chi connectivity index (χ4v) is 3.87. The van der Waals surface area contributed by atoms with Gasteiger partial charge in [0.25, 0.3) is 0 Å². The Bertz CT molecular complexity index is 715. The van der Waals surface area contributed by atoms with Crippen LogP contribution in [0.2, 0.25) is 0 Å². The number of aromatic nitrogens is 4. The highest BCUT2D eigenvalue weighted by Gasteiger charge is 2.17. The van der Waals surface area contributed by atoms with Crippen LogP contribution in [0.3, 0.4) is 0 Å². The molecule has 0 radical (unpaired) electrons. The van der Waals surface area contributed by atoms with Crippen molar-refractivity contribution < 1.29 is 9.53 Å². The second-order valence-electron chi connectivity index (χ2n) is 6.37. The highest BCUT2D eigenvalue weighted by atomic mass is 32.2. The standard InChI is InChI=1S/C18H25N5O2S/c1-2-25-16-11-7-6-10-15(16)23-18(20-21-22-23)26-13-17(24)19-12-14-8-4-3-5-9-14/h6-7,10-11,14H,2-5,8-9,12-13H2,1H3,(H,19,24). The number of tetrazole rings is 1. The topological polar surface area (TPSA) is 81.9 Å². The van der Waals surface area contributed by atoms with Gasteiger partial charge in [0.15, 0.2) is 0 Å². The lowest BCUT2D eigenvalue weighted by atomic mass is 9.89. The molecule has 0 unspecified atom stereocenters. The maximum absolute atomic E-state index is 12.2. The molecule has 1 aliphatic rings. The van der Waals surface area contributed by atoms with Crippen molar-refractivity contribution >= 4 is 17.7 Å². The second-order valence-corrected chi connectivity index (χ2v) is 7.31. The molecule has 0 saturated heterocycles. The summed E-state index contributed by atoms with van der Waals surface area (Å²) in [4.78, 5) is 12.2. The monoisotopic (exact) mass is 375 g/mol. The minimum Gasteiger partial charge on any atom is -0.492 e. The van der Waals surface area contributed by atoms with Gasteiger partial charge in [-0.25, -0.2) is 0 Å². The smallest absolute Gasteiger partial charge is 0.230 e. The van der Waals surface area contributed by atoms with Crippen LogP contribution in [0.5, 0.6) is 5.75 Å². The molecule has 1 amide bonds. The van der Waals surface area contributed by atoms with E-state index in [1.54, 1.807) is 4.68 Å². The van der Waals surface area contributed by atoms with Crippen molar-refractivity contribution in [3.8, 4) is 11.4 Å². The zero-order valence-electron chi connectivity index (χ0n) is 15.1. The van der Waals surface area contributed by atoms with Crippen LogP contribution in [-0.4, -0.2) is 45.0 Å². The Kier molecular flexibility index (Phi) is 6.88. The average molecular weight is 375 g/mol. The van der Waals surface area contributed by atoms with Crippen LogP contribution < -0.4 is 10.1 Å². The fourth-order valence-electron chi connectivity index (χ4n) is 3.16. The van der Waals surface area contributed by atoms with E-state index in [1.165, 1.54) is 43.9 Å². The van der Waals surface area contributed by atoms with E-state index in [9.17, 15) is 4.79 Å². The normalized spacial score (nSPS) is 15.0. The molecule has 0 spiro atoms. The highest BCUT2D eigenvalue weighted by Crippen LogP contribution is 2.26. The van der Waals surface area contributed by atoms with Crippen LogP contribution >= 0.6 is 11.8 Å².